The molecule has 0 aliphatic rings. The van der Waals surface area contributed by atoms with Gasteiger partial charge in [-0.05, 0) is 36.4 Å². The number of thiophene rings is 1. The van der Waals surface area contributed by atoms with Crippen LogP contribution in [0, 0.1) is 0 Å². The second kappa shape index (κ2) is 7.65. The summed E-state index contributed by atoms with van der Waals surface area (Å²) in [6, 6.07) is 43.7. The summed E-state index contributed by atoms with van der Waals surface area (Å²) in [6.07, 6.45) is 0. The maximum Gasteiger partial charge on any atom is 0.165 e. The van der Waals surface area contributed by atoms with E-state index in [1.165, 1.54) is 58.3 Å². The summed E-state index contributed by atoms with van der Waals surface area (Å²) < 4.78 is 7.38. The van der Waals surface area contributed by atoms with Crippen LogP contribution in [0.15, 0.2) is 121 Å². The van der Waals surface area contributed by atoms with Crippen molar-refractivity contribution in [3.63, 3.8) is 0 Å². The first-order chi connectivity index (χ1) is 21.3. The molecular formula is C38H20N4S. The van der Waals surface area contributed by atoms with Gasteiger partial charge in [-0.2, -0.15) is 0 Å². The monoisotopic (exact) mass is 564 g/mol. The fraction of sp³-hybridized carbons (Fsp3) is 0. The molecule has 0 N–H and O–H groups in total. The molecule has 5 heterocycles. The Kier molecular flexibility index (Phi) is 3.94. The third-order valence-corrected chi connectivity index (χ3v) is 10.4. The highest BCUT2D eigenvalue weighted by Crippen LogP contribution is 2.44. The van der Waals surface area contributed by atoms with Crippen molar-refractivity contribution < 1.29 is 0 Å². The molecule has 0 bridgehead atoms. The number of hydrogen-bond acceptors (Lipinski definition) is 3. The van der Waals surface area contributed by atoms with Crippen molar-refractivity contribution in [1.29, 1.82) is 0 Å². The van der Waals surface area contributed by atoms with Crippen LogP contribution >= 0.6 is 11.3 Å². The number of rotatable bonds is 0. The lowest BCUT2D eigenvalue weighted by atomic mass is 10.1. The van der Waals surface area contributed by atoms with Crippen LogP contribution in [-0.4, -0.2) is 18.8 Å². The summed E-state index contributed by atoms with van der Waals surface area (Å²) in [5, 5.41) is 8.59. The zero-order valence-corrected chi connectivity index (χ0v) is 23.6. The predicted molar refractivity (Wildman–Crippen MR) is 182 cm³/mol. The lowest BCUT2D eigenvalue weighted by molar-refractivity contribution is 1.24. The molecule has 11 rings (SSSR count). The Hall–Kier alpha value is -5.52. The van der Waals surface area contributed by atoms with Gasteiger partial charge in [0, 0.05) is 47.1 Å². The van der Waals surface area contributed by atoms with Crippen LogP contribution in [0.3, 0.4) is 0 Å². The minimum absolute atomic E-state index is 0.875. The van der Waals surface area contributed by atoms with Crippen LogP contribution in [0.4, 0.5) is 0 Å². The lowest BCUT2D eigenvalue weighted by Gasteiger charge is -2.11. The minimum atomic E-state index is 0.875. The Balaban J connectivity index is 1.62. The molecule has 11 aromatic rings. The van der Waals surface area contributed by atoms with Crippen LogP contribution in [0.1, 0.15) is 0 Å². The second-order valence-electron chi connectivity index (χ2n) is 11.4. The maximum absolute atomic E-state index is 5.46. The van der Waals surface area contributed by atoms with Gasteiger partial charge < -0.3 is 4.40 Å². The first-order valence-corrected chi connectivity index (χ1v) is 15.3. The van der Waals surface area contributed by atoms with Crippen molar-refractivity contribution >= 4 is 108 Å². The Labute approximate surface area is 247 Å². The van der Waals surface area contributed by atoms with Crippen molar-refractivity contribution in [1.82, 2.24) is 18.8 Å². The van der Waals surface area contributed by atoms with Gasteiger partial charge in [0.1, 0.15) is 5.52 Å². The molecule has 4 nitrogen and oxygen atoms in total. The van der Waals surface area contributed by atoms with E-state index in [2.05, 4.69) is 124 Å². The molecular weight excluding hydrogens is 545 g/mol. The summed E-state index contributed by atoms with van der Waals surface area (Å²) in [4.78, 5) is 10.9. The summed E-state index contributed by atoms with van der Waals surface area (Å²) in [5.74, 6) is 0. The van der Waals surface area contributed by atoms with Crippen molar-refractivity contribution in [3.05, 3.63) is 121 Å². The van der Waals surface area contributed by atoms with Crippen LogP contribution in [0.2, 0.25) is 0 Å². The Morgan fingerprint density at radius 1 is 0.442 bits per heavy atom. The topological polar surface area (TPSA) is 34.6 Å². The van der Waals surface area contributed by atoms with Crippen molar-refractivity contribution in [3.8, 4) is 0 Å². The van der Waals surface area contributed by atoms with Crippen LogP contribution < -0.4 is 0 Å². The van der Waals surface area contributed by atoms with E-state index in [1.807, 2.05) is 17.4 Å². The normalized spacial score (nSPS) is 12.7. The molecule has 0 spiro atoms. The van der Waals surface area contributed by atoms with Crippen molar-refractivity contribution in [2.75, 3.05) is 0 Å². The van der Waals surface area contributed by atoms with Gasteiger partial charge in [0.25, 0.3) is 0 Å². The summed E-state index contributed by atoms with van der Waals surface area (Å²) in [5.41, 5.74) is 9.43. The number of hydrogen-bond donors (Lipinski definition) is 0. The third kappa shape index (κ3) is 2.63. The van der Waals surface area contributed by atoms with Crippen molar-refractivity contribution in [2.45, 2.75) is 0 Å². The molecule has 0 aliphatic carbocycles. The van der Waals surface area contributed by atoms with E-state index in [-0.39, 0.29) is 0 Å². The van der Waals surface area contributed by atoms with Crippen LogP contribution in [0.25, 0.3) is 96.9 Å². The molecule has 6 aromatic carbocycles. The van der Waals surface area contributed by atoms with Gasteiger partial charge in [-0.3, -0.25) is 4.40 Å². The Bertz CT molecular complexity index is 3010. The van der Waals surface area contributed by atoms with E-state index in [4.69, 9.17) is 9.97 Å². The van der Waals surface area contributed by atoms with E-state index >= 15 is 0 Å². The van der Waals surface area contributed by atoms with Gasteiger partial charge in [-0.1, -0.05) is 84.9 Å². The number of fused-ring (bicyclic) bond motifs is 16. The zero-order chi connectivity index (χ0) is 27.8. The lowest BCUT2D eigenvalue weighted by Crippen LogP contribution is -1.98. The van der Waals surface area contributed by atoms with Gasteiger partial charge >= 0.3 is 0 Å². The first-order valence-electron chi connectivity index (χ1n) is 14.5. The molecule has 0 atom stereocenters. The fourth-order valence-electron chi connectivity index (χ4n) is 7.48. The molecule has 5 aromatic heterocycles. The molecule has 0 amide bonds. The third-order valence-electron chi connectivity index (χ3n) is 9.24. The number of aromatic nitrogens is 4. The van der Waals surface area contributed by atoms with E-state index < -0.39 is 0 Å². The highest BCUT2D eigenvalue weighted by Gasteiger charge is 2.23. The number of nitrogens with zero attached hydrogens (tertiary/aromatic N) is 4. The summed E-state index contributed by atoms with van der Waals surface area (Å²) >= 11 is 1.85. The Morgan fingerprint density at radius 3 is 1.79 bits per heavy atom. The standard InChI is InChI=1S/C38H20N4S/c1-6-14-29-21(9-1)24-17-18-25-22-10-2-7-15-30(22)42-36(25)35(24)41(29)31-20-19-26-23-11-3-8-16-32(23)43-37(26)33(31)34-38(42)40-28-13-5-4-12-27(28)39-34/h1-20H. The summed E-state index contributed by atoms with van der Waals surface area (Å²) in [7, 11) is 0. The molecule has 0 radical (unpaired) electrons. The number of para-hydroxylation sites is 4. The van der Waals surface area contributed by atoms with Crippen molar-refractivity contribution in [2.24, 2.45) is 0 Å². The predicted octanol–water partition coefficient (Wildman–Crippen LogP) is 10.3. The Morgan fingerprint density at radius 2 is 1.02 bits per heavy atom. The quantitative estimate of drug-likeness (QED) is 0.184. The molecule has 0 aliphatic heterocycles. The van der Waals surface area contributed by atoms with Gasteiger partial charge in [-0.15, -0.1) is 11.3 Å². The van der Waals surface area contributed by atoms with E-state index in [1.54, 1.807) is 0 Å². The van der Waals surface area contributed by atoms with E-state index in [9.17, 15) is 0 Å². The highest BCUT2D eigenvalue weighted by atomic mass is 32.1. The van der Waals surface area contributed by atoms with Crippen LogP contribution in [-0.2, 0) is 0 Å². The summed E-state index contributed by atoms with van der Waals surface area (Å²) in [6.45, 7) is 0. The van der Waals surface area contributed by atoms with E-state index in [0.717, 1.165) is 38.6 Å². The molecule has 0 saturated heterocycles. The van der Waals surface area contributed by atoms with Gasteiger partial charge in [0.15, 0.2) is 5.65 Å². The largest absolute Gasteiger partial charge is 0.306 e. The maximum atomic E-state index is 5.46. The molecule has 0 saturated carbocycles. The average Bonchev–Trinajstić information content (AvgIpc) is 3.71. The van der Waals surface area contributed by atoms with Gasteiger partial charge in [-0.25, -0.2) is 9.97 Å². The second-order valence-corrected chi connectivity index (χ2v) is 12.4. The fourth-order valence-corrected chi connectivity index (χ4v) is 8.72. The zero-order valence-electron chi connectivity index (χ0n) is 22.7. The molecule has 0 unspecified atom stereocenters. The number of benzene rings is 6. The SMILES string of the molecule is c1ccc2nc3c(nc2c1)c1c2sc4ccccc4c2ccc1n1c2ccccc2c2ccc4c5ccccc5n3c4c21. The molecule has 43 heavy (non-hydrogen) atoms. The van der Waals surface area contributed by atoms with Crippen LogP contribution in [0.5, 0.6) is 0 Å². The minimum Gasteiger partial charge on any atom is -0.306 e. The molecule has 198 valence electrons. The van der Waals surface area contributed by atoms with E-state index in [0.29, 0.717) is 0 Å². The highest BCUT2D eigenvalue weighted by molar-refractivity contribution is 7.26. The average molecular weight is 565 g/mol. The molecule has 5 heteroatoms. The first kappa shape index (κ1) is 22.1. The smallest absolute Gasteiger partial charge is 0.165 e. The van der Waals surface area contributed by atoms with Gasteiger partial charge in [0.05, 0.1) is 38.6 Å². The molecule has 0 fully saturated rings. The van der Waals surface area contributed by atoms with Gasteiger partial charge in [0.2, 0.25) is 0 Å².